The van der Waals surface area contributed by atoms with E-state index in [1.807, 2.05) is 6.07 Å². The molecule has 0 bridgehead atoms. The number of hydrogen-bond donors (Lipinski definition) is 0. The van der Waals surface area contributed by atoms with Crippen LogP contribution in [0.2, 0.25) is 0 Å². The molecular formula is C29H32O3. The summed E-state index contributed by atoms with van der Waals surface area (Å²) in [4.78, 5) is 0. The molecule has 3 aromatic rings. The van der Waals surface area contributed by atoms with Crippen molar-refractivity contribution in [2.45, 2.75) is 64.6 Å². The molecule has 0 N–H and O–H groups in total. The smallest absolute Gasteiger partial charge is 0.129 e. The second kappa shape index (κ2) is 8.54. The van der Waals surface area contributed by atoms with Crippen LogP contribution in [0.15, 0.2) is 60.7 Å². The Bertz CT molecular complexity index is 1100. The summed E-state index contributed by atoms with van der Waals surface area (Å²) in [7, 11) is 0. The molecule has 0 fully saturated rings. The van der Waals surface area contributed by atoms with Gasteiger partial charge in [0, 0.05) is 17.0 Å². The summed E-state index contributed by atoms with van der Waals surface area (Å²) in [5.74, 6) is 3.29. The Morgan fingerprint density at radius 3 is 2.66 bits per heavy atom. The molecule has 2 aliphatic heterocycles. The molecule has 3 aromatic carbocycles. The zero-order valence-corrected chi connectivity index (χ0v) is 19.3. The van der Waals surface area contributed by atoms with Gasteiger partial charge in [0.15, 0.2) is 0 Å². The standard InChI is InChI=1S/C29H32O3/c1-4-20-10-12-24(27(16-20)30-18-21-8-6-5-7-9-21)23-17-22-11-13-26-25(28(22)31-19-23)14-15-29(2,3)32-26/h5-13,16,23H,4,14-15,17-19H2,1-3H3/t23-/m0/s1. The van der Waals surface area contributed by atoms with Crippen LogP contribution in [0.4, 0.5) is 0 Å². The van der Waals surface area contributed by atoms with Gasteiger partial charge in [0.05, 0.1) is 6.61 Å². The van der Waals surface area contributed by atoms with Crippen LogP contribution in [0.25, 0.3) is 0 Å². The average molecular weight is 429 g/mol. The zero-order chi connectivity index (χ0) is 22.1. The van der Waals surface area contributed by atoms with Gasteiger partial charge >= 0.3 is 0 Å². The highest BCUT2D eigenvalue weighted by Crippen LogP contribution is 2.45. The van der Waals surface area contributed by atoms with Crippen LogP contribution in [0.3, 0.4) is 0 Å². The minimum absolute atomic E-state index is 0.107. The van der Waals surface area contributed by atoms with Crippen LogP contribution >= 0.6 is 0 Å². The maximum absolute atomic E-state index is 6.40. The first-order chi connectivity index (χ1) is 15.5. The van der Waals surface area contributed by atoms with Crippen molar-refractivity contribution in [1.29, 1.82) is 0 Å². The summed E-state index contributed by atoms with van der Waals surface area (Å²) in [6.45, 7) is 7.74. The lowest BCUT2D eigenvalue weighted by Gasteiger charge is -2.36. The number of ether oxygens (including phenoxy) is 3. The van der Waals surface area contributed by atoms with Gasteiger partial charge in [-0.15, -0.1) is 0 Å². The SMILES string of the molecule is CCc1ccc([C@@H]2COc3c(ccc4c3CCC(C)(C)O4)C2)c(OCc2ccccc2)c1. The van der Waals surface area contributed by atoms with Crippen molar-refractivity contribution in [3.8, 4) is 17.2 Å². The lowest BCUT2D eigenvalue weighted by molar-refractivity contribution is 0.0826. The molecule has 0 aromatic heterocycles. The van der Waals surface area contributed by atoms with Gasteiger partial charge < -0.3 is 14.2 Å². The van der Waals surface area contributed by atoms with E-state index in [9.17, 15) is 0 Å². The Morgan fingerprint density at radius 1 is 1.00 bits per heavy atom. The van der Waals surface area contributed by atoms with Gasteiger partial charge in [-0.1, -0.05) is 55.5 Å². The normalized spacial score (nSPS) is 18.7. The van der Waals surface area contributed by atoms with E-state index in [2.05, 4.69) is 75.4 Å². The van der Waals surface area contributed by atoms with E-state index in [1.165, 1.54) is 27.8 Å². The molecule has 5 rings (SSSR count). The molecular weight excluding hydrogens is 396 g/mol. The first kappa shape index (κ1) is 20.9. The second-order valence-corrected chi connectivity index (χ2v) is 9.60. The van der Waals surface area contributed by atoms with Crippen molar-refractivity contribution in [3.05, 3.63) is 88.5 Å². The molecule has 3 heteroatoms. The molecule has 2 aliphatic rings. The van der Waals surface area contributed by atoms with Gasteiger partial charge in [0.2, 0.25) is 0 Å². The first-order valence-electron chi connectivity index (χ1n) is 11.8. The van der Waals surface area contributed by atoms with E-state index in [1.54, 1.807) is 0 Å². The second-order valence-electron chi connectivity index (χ2n) is 9.60. The fraction of sp³-hybridized carbons (Fsp3) is 0.379. The molecule has 166 valence electrons. The fourth-order valence-electron chi connectivity index (χ4n) is 4.81. The average Bonchev–Trinajstić information content (AvgIpc) is 2.82. The highest BCUT2D eigenvalue weighted by Gasteiger charge is 2.32. The lowest BCUT2D eigenvalue weighted by atomic mass is 9.86. The summed E-state index contributed by atoms with van der Waals surface area (Å²) >= 11 is 0. The molecule has 0 unspecified atom stereocenters. The number of fused-ring (bicyclic) bond motifs is 3. The molecule has 0 saturated heterocycles. The Kier molecular flexibility index (Phi) is 5.58. The van der Waals surface area contributed by atoms with Gasteiger partial charge in [-0.05, 0) is 68.4 Å². The first-order valence-corrected chi connectivity index (χ1v) is 11.8. The van der Waals surface area contributed by atoms with Crippen LogP contribution in [0.1, 0.15) is 60.9 Å². The fourth-order valence-corrected chi connectivity index (χ4v) is 4.81. The molecule has 1 atom stereocenters. The van der Waals surface area contributed by atoms with Gasteiger partial charge in [-0.2, -0.15) is 0 Å². The molecule has 0 radical (unpaired) electrons. The molecule has 0 spiro atoms. The highest BCUT2D eigenvalue weighted by atomic mass is 16.5. The summed E-state index contributed by atoms with van der Waals surface area (Å²) in [6, 6.07) is 21.3. The third-order valence-electron chi connectivity index (χ3n) is 6.72. The van der Waals surface area contributed by atoms with Crippen LogP contribution in [0.5, 0.6) is 17.2 Å². The van der Waals surface area contributed by atoms with Crippen LogP contribution in [-0.2, 0) is 25.9 Å². The highest BCUT2D eigenvalue weighted by molar-refractivity contribution is 5.54. The maximum Gasteiger partial charge on any atom is 0.129 e. The Hall–Kier alpha value is -2.94. The van der Waals surface area contributed by atoms with E-state index >= 15 is 0 Å². The number of rotatable bonds is 5. The van der Waals surface area contributed by atoms with Gasteiger partial charge in [0.25, 0.3) is 0 Å². The number of benzene rings is 3. The molecule has 2 heterocycles. The van der Waals surface area contributed by atoms with Crippen molar-refractivity contribution in [1.82, 2.24) is 0 Å². The van der Waals surface area contributed by atoms with Crippen LogP contribution < -0.4 is 14.2 Å². The van der Waals surface area contributed by atoms with Gasteiger partial charge in [0.1, 0.15) is 29.5 Å². The van der Waals surface area contributed by atoms with E-state index < -0.39 is 0 Å². The summed E-state index contributed by atoms with van der Waals surface area (Å²) < 4.78 is 19.0. The minimum Gasteiger partial charge on any atom is -0.492 e. The predicted octanol–water partition coefficient (Wildman–Crippen LogP) is 6.65. The van der Waals surface area contributed by atoms with E-state index in [0.717, 1.165) is 42.9 Å². The third kappa shape index (κ3) is 4.21. The van der Waals surface area contributed by atoms with Crippen LogP contribution in [-0.4, -0.2) is 12.2 Å². The Balaban J connectivity index is 1.40. The minimum atomic E-state index is -0.107. The zero-order valence-electron chi connectivity index (χ0n) is 19.3. The third-order valence-corrected chi connectivity index (χ3v) is 6.72. The topological polar surface area (TPSA) is 27.7 Å². The summed E-state index contributed by atoms with van der Waals surface area (Å²) in [6.07, 6.45) is 3.97. The van der Waals surface area contributed by atoms with Crippen molar-refractivity contribution in [2.24, 2.45) is 0 Å². The number of hydrogen-bond acceptors (Lipinski definition) is 3. The molecule has 32 heavy (non-hydrogen) atoms. The predicted molar refractivity (Wildman–Crippen MR) is 128 cm³/mol. The van der Waals surface area contributed by atoms with E-state index in [-0.39, 0.29) is 11.5 Å². The number of aryl methyl sites for hydroxylation is 1. The van der Waals surface area contributed by atoms with E-state index in [4.69, 9.17) is 14.2 Å². The van der Waals surface area contributed by atoms with Crippen molar-refractivity contribution >= 4 is 0 Å². The Labute approximate surface area is 191 Å². The van der Waals surface area contributed by atoms with Gasteiger partial charge in [-0.25, -0.2) is 0 Å². The van der Waals surface area contributed by atoms with Crippen molar-refractivity contribution < 1.29 is 14.2 Å². The van der Waals surface area contributed by atoms with E-state index in [0.29, 0.717) is 13.2 Å². The summed E-state index contributed by atoms with van der Waals surface area (Å²) in [5, 5.41) is 0. The maximum atomic E-state index is 6.40. The lowest BCUT2D eigenvalue weighted by Crippen LogP contribution is -2.33. The molecule has 0 saturated carbocycles. The Morgan fingerprint density at radius 2 is 1.84 bits per heavy atom. The molecule has 3 nitrogen and oxygen atoms in total. The molecule has 0 aliphatic carbocycles. The summed E-state index contributed by atoms with van der Waals surface area (Å²) in [5.41, 5.74) is 6.12. The van der Waals surface area contributed by atoms with Crippen LogP contribution in [0, 0.1) is 0 Å². The molecule has 0 amide bonds. The van der Waals surface area contributed by atoms with Crippen molar-refractivity contribution in [2.75, 3.05) is 6.61 Å². The van der Waals surface area contributed by atoms with Crippen molar-refractivity contribution in [3.63, 3.8) is 0 Å². The van der Waals surface area contributed by atoms with Gasteiger partial charge in [-0.3, -0.25) is 0 Å². The monoisotopic (exact) mass is 428 g/mol. The quantitative estimate of drug-likeness (QED) is 0.455. The largest absolute Gasteiger partial charge is 0.492 e.